The molecular weight excluding hydrogens is 329 g/mol. The first kappa shape index (κ1) is 16.1. The number of carbonyl (C=O) groups excluding carboxylic acids is 2. The number of furan rings is 1. The third kappa shape index (κ3) is 4.61. The molecule has 0 spiro atoms. The Labute approximate surface area is 136 Å². The van der Waals surface area contributed by atoms with Crippen molar-refractivity contribution in [3.05, 3.63) is 58.0 Å². The number of amides is 2. The summed E-state index contributed by atoms with van der Waals surface area (Å²) in [6.45, 7) is -0.231. The van der Waals surface area contributed by atoms with Gasteiger partial charge in [0.15, 0.2) is 5.76 Å². The summed E-state index contributed by atoms with van der Waals surface area (Å²) < 4.78 is 4.89. The van der Waals surface area contributed by atoms with Crippen LogP contribution in [-0.4, -0.2) is 24.6 Å². The molecule has 0 saturated heterocycles. The summed E-state index contributed by atoms with van der Waals surface area (Å²) in [5.41, 5.74) is 2.87. The molecule has 0 radical (unpaired) electrons. The fourth-order valence-electron chi connectivity index (χ4n) is 1.47. The number of nitrogens with one attached hydrogen (secondary N) is 2. The summed E-state index contributed by atoms with van der Waals surface area (Å²) in [6, 6.07) is 7.96. The average Bonchev–Trinajstić information content (AvgIpc) is 3.01. The van der Waals surface area contributed by atoms with Crippen LogP contribution in [0.15, 0.2) is 46.1 Å². The summed E-state index contributed by atoms with van der Waals surface area (Å²) in [4.78, 5) is 23.1. The molecule has 0 unspecified atom stereocenters. The van der Waals surface area contributed by atoms with E-state index in [1.165, 1.54) is 18.5 Å². The Morgan fingerprint density at radius 3 is 2.77 bits per heavy atom. The second-order valence-electron chi connectivity index (χ2n) is 4.12. The number of hydrazone groups is 1. The van der Waals surface area contributed by atoms with E-state index in [9.17, 15) is 9.59 Å². The Bertz CT molecular complexity index is 699. The molecule has 0 aliphatic rings. The zero-order valence-corrected chi connectivity index (χ0v) is 12.7. The van der Waals surface area contributed by atoms with Crippen molar-refractivity contribution < 1.29 is 14.0 Å². The van der Waals surface area contributed by atoms with Crippen molar-refractivity contribution in [3.8, 4) is 0 Å². The number of hydrogen-bond acceptors (Lipinski definition) is 4. The van der Waals surface area contributed by atoms with Crippen molar-refractivity contribution >= 4 is 41.2 Å². The molecule has 2 rings (SSSR count). The van der Waals surface area contributed by atoms with Gasteiger partial charge in [-0.1, -0.05) is 29.3 Å². The van der Waals surface area contributed by atoms with Gasteiger partial charge in [-0.05, 0) is 24.3 Å². The third-order valence-corrected chi connectivity index (χ3v) is 3.07. The second kappa shape index (κ2) is 7.63. The number of hydrogen-bond donors (Lipinski definition) is 2. The zero-order chi connectivity index (χ0) is 15.9. The van der Waals surface area contributed by atoms with E-state index in [1.807, 2.05) is 0 Å². The summed E-state index contributed by atoms with van der Waals surface area (Å²) in [6.07, 6.45) is 2.75. The van der Waals surface area contributed by atoms with Gasteiger partial charge in [0.2, 0.25) is 0 Å². The lowest BCUT2D eigenvalue weighted by Gasteiger charge is -2.02. The fourth-order valence-corrected chi connectivity index (χ4v) is 1.93. The van der Waals surface area contributed by atoms with Gasteiger partial charge in [0.05, 0.1) is 24.0 Å². The van der Waals surface area contributed by atoms with Crippen LogP contribution < -0.4 is 10.7 Å². The Morgan fingerprint density at radius 1 is 1.27 bits per heavy atom. The number of nitrogens with zero attached hydrogens (tertiary/aromatic N) is 1. The predicted molar refractivity (Wildman–Crippen MR) is 83.2 cm³/mol. The maximum atomic E-state index is 11.5. The highest BCUT2D eigenvalue weighted by Crippen LogP contribution is 2.19. The third-order valence-electron chi connectivity index (χ3n) is 2.51. The van der Waals surface area contributed by atoms with E-state index in [-0.39, 0.29) is 12.3 Å². The van der Waals surface area contributed by atoms with Gasteiger partial charge in [0.25, 0.3) is 11.8 Å². The van der Waals surface area contributed by atoms with Crippen LogP contribution in [0.5, 0.6) is 0 Å². The van der Waals surface area contributed by atoms with Gasteiger partial charge in [-0.3, -0.25) is 9.59 Å². The highest BCUT2D eigenvalue weighted by Gasteiger charge is 2.09. The lowest BCUT2D eigenvalue weighted by molar-refractivity contribution is -0.120. The van der Waals surface area contributed by atoms with E-state index in [1.54, 1.807) is 24.3 Å². The van der Waals surface area contributed by atoms with Gasteiger partial charge < -0.3 is 9.73 Å². The minimum atomic E-state index is -0.485. The van der Waals surface area contributed by atoms with Crippen LogP contribution in [0.25, 0.3) is 0 Å². The second-order valence-corrected chi connectivity index (χ2v) is 4.96. The molecule has 0 fully saturated rings. The molecule has 1 heterocycles. The van der Waals surface area contributed by atoms with E-state index in [0.29, 0.717) is 15.6 Å². The fraction of sp³-hybridized carbons (Fsp3) is 0.0714. The average molecular weight is 340 g/mol. The molecule has 0 atom stereocenters. The first-order valence-corrected chi connectivity index (χ1v) is 6.90. The van der Waals surface area contributed by atoms with E-state index in [0.717, 1.165) is 0 Å². The van der Waals surface area contributed by atoms with Crippen molar-refractivity contribution in [2.45, 2.75) is 0 Å². The Kier molecular flexibility index (Phi) is 5.57. The monoisotopic (exact) mass is 339 g/mol. The molecule has 6 nitrogen and oxygen atoms in total. The first-order valence-electron chi connectivity index (χ1n) is 6.15. The topological polar surface area (TPSA) is 83.7 Å². The molecule has 8 heteroatoms. The Hall–Kier alpha value is -2.31. The van der Waals surface area contributed by atoms with Gasteiger partial charge in [-0.15, -0.1) is 0 Å². The van der Waals surface area contributed by atoms with E-state index >= 15 is 0 Å². The standard InChI is InChI=1S/C14H11Cl2N3O3/c15-10-4-3-9(11(16)6-10)7-18-19-13(20)8-17-14(21)12-2-1-5-22-12/h1-7H,8H2,(H,17,21)(H,19,20). The first-order chi connectivity index (χ1) is 10.6. The Morgan fingerprint density at radius 2 is 2.09 bits per heavy atom. The number of rotatable bonds is 5. The minimum Gasteiger partial charge on any atom is -0.459 e. The summed E-state index contributed by atoms with van der Waals surface area (Å²) >= 11 is 11.7. The number of carbonyl (C=O) groups is 2. The van der Waals surface area contributed by atoms with Crippen molar-refractivity contribution in [1.29, 1.82) is 0 Å². The van der Waals surface area contributed by atoms with Crippen molar-refractivity contribution in [1.82, 2.24) is 10.7 Å². The minimum absolute atomic E-state index is 0.129. The quantitative estimate of drug-likeness (QED) is 0.648. The summed E-state index contributed by atoms with van der Waals surface area (Å²) in [5.74, 6) is -0.838. The zero-order valence-electron chi connectivity index (χ0n) is 11.2. The van der Waals surface area contributed by atoms with Gasteiger partial charge in [0.1, 0.15) is 0 Å². The van der Waals surface area contributed by atoms with Crippen LogP contribution in [0.3, 0.4) is 0 Å². The molecule has 0 aliphatic carbocycles. The van der Waals surface area contributed by atoms with Crippen LogP contribution in [0.2, 0.25) is 10.0 Å². The predicted octanol–water partition coefficient (Wildman–Crippen LogP) is 2.47. The molecule has 22 heavy (non-hydrogen) atoms. The molecule has 1 aromatic carbocycles. The van der Waals surface area contributed by atoms with Crippen LogP contribution in [0.4, 0.5) is 0 Å². The van der Waals surface area contributed by atoms with Crippen LogP contribution in [-0.2, 0) is 4.79 Å². The largest absolute Gasteiger partial charge is 0.459 e. The smallest absolute Gasteiger partial charge is 0.287 e. The van der Waals surface area contributed by atoms with Crippen LogP contribution in [0, 0.1) is 0 Å². The van der Waals surface area contributed by atoms with Crippen molar-refractivity contribution in [3.63, 3.8) is 0 Å². The molecule has 0 saturated carbocycles. The van der Waals surface area contributed by atoms with Gasteiger partial charge in [-0.25, -0.2) is 5.43 Å². The van der Waals surface area contributed by atoms with E-state index in [2.05, 4.69) is 15.8 Å². The van der Waals surface area contributed by atoms with Crippen LogP contribution >= 0.6 is 23.2 Å². The lowest BCUT2D eigenvalue weighted by Crippen LogP contribution is -2.34. The van der Waals surface area contributed by atoms with E-state index in [4.69, 9.17) is 27.6 Å². The Balaban J connectivity index is 1.80. The van der Waals surface area contributed by atoms with E-state index < -0.39 is 11.8 Å². The molecule has 2 amide bonds. The lowest BCUT2D eigenvalue weighted by atomic mass is 10.2. The van der Waals surface area contributed by atoms with Crippen molar-refractivity contribution in [2.75, 3.05) is 6.54 Å². The summed E-state index contributed by atoms with van der Waals surface area (Å²) in [7, 11) is 0. The molecule has 2 N–H and O–H groups in total. The maximum absolute atomic E-state index is 11.5. The normalized spacial score (nSPS) is 10.6. The highest BCUT2D eigenvalue weighted by atomic mass is 35.5. The van der Waals surface area contributed by atoms with Crippen LogP contribution in [0.1, 0.15) is 16.1 Å². The molecule has 0 aliphatic heterocycles. The molecule has 2 aromatic rings. The SMILES string of the molecule is O=C(CNC(=O)c1ccco1)NN=Cc1ccc(Cl)cc1Cl. The van der Waals surface area contributed by atoms with Crippen molar-refractivity contribution in [2.24, 2.45) is 5.10 Å². The van der Waals surface area contributed by atoms with Gasteiger partial charge in [-0.2, -0.15) is 5.10 Å². The van der Waals surface area contributed by atoms with Gasteiger partial charge >= 0.3 is 0 Å². The molecular formula is C14H11Cl2N3O3. The maximum Gasteiger partial charge on any atom is 0.287 e. The molecule has 1 aromatic heterocycles. The summed E-state index contributed by atoms with van der Waals surface area (Å²) in [5, 5.41) is 7.06. The highest BCUT2D eigenvalue weighted by molar-refractivity contribution is 6.36. The molecule has 0 bridgehead atoms. The number of benzene rings is 1. The molecule has 114 valence electrons. The number of halogens is 2. The van der Waals surface area contributed by atoms with Gasteiger partial charge in [0, 0.05) is 10.6 Å².